The minimum Gasteiger partial charge on any atom is -0.444 e. The topological polar surface area (TPSA) is 38.8 Å². The molecule has 0 aromatic carbocycles. The molecular formula is C13H23NO3. The molecule has 1 saturated carbocycles. The largest absolute Gasteiger partial charge is 0.444 e. The van der Waals surface area contributed by atoms with E-state index in [2.05, 4.69) is 0 Å². The van der Waals surface area contributed by atoms with Gasteiger partial charge in [0.05, 0.1) is 12.6 Å². The van der Waals surface area contributed by atoms with Crippen LogP contribution in [0.2, 0.25) is 0 Å². The Kier molecular flexibility index (Phi) is 3.34. The molecule has 0 unspecified atom stereocenters. The van der Waals surface area contributed by atoms with E-state index >= 15 is 0 Å². The lowest BCUT2D eigenvalue weighted by Gasteiger charge is -2.36. The fourth-order valence-corrected chi connectivity index (χ4v) is 3.08. The van der Waals surface area contributed by atoms with Crippen LogP contribution in [0.1, 0.15) is 40.0 Å². The van der Waals surface area contributed by atoms with Gasteiger partial charge in [-0.15, -0.1) is 0 Å². The highest BCUT2D eigenvalue weighted by Crippen LogP contribution is 2.43. The maximum atomic E-state index is 12.2. The Bertz CT molecular complexity index is 298. The highest BCUT2D eigenvalue weighted by Gasteiger charge is 2.49. The minimum absolute atomic E-state index is 0.174. The van der Waals surface area contributed by atoms with Crippen molar-refractivity contribution in [3.63, 3.8) is 0 Å². The van der Waals surface area contributed by atoms with Gasteiger partial charge < -0.3 is 9.47 Å². The quantitative estimate of drug-likeness (QED) is 0.745. The maximum Gasteiger partial charge on any atom is 0.410 e. The van der Waals surface area contributed by atoms with Crippen LogP contribution in [0.3, 0.4) is 0 Å². The smallest absolute Gasteiger partial charge is 0.410 e. The Morgan fingerprint density at radius 1 is 1.35 bits per heavy atom. The van der Waals surface area contributed by atoms with Crippen molar-refractivity contribution in [1.82, 2.24) is 4.90 Å². The summed E-state index contributed by atoms with van der Waals surface area (Å²) >= 11 is 0. The van der Waals surface area contributed by atoms with Crippen molar-refractivity contribution in [1.29, 1.82) is 0 Å². The summed E-state index contributed by atoms with van der Waals surface area (Å²) in [5, 5.41) is 0. The van der Waals surface area contributed by atoms with Crippen molar-refractivity contribution in [3.05, 3.63) is 0 Å². The number of carbonyl (C=O) groups is 1. The molecule has 1 heterocycles. The first kappa shape index (κ1) is 12.7. The van der Waals surface area contributed by atoms with Gasteiger partial charge in [-0.1, -0.05) is 0 Å². The van der Waals surface area contributed by atoms with Gasteiger partial charge in [-0.2, -0.15) is 0 Å². The summed E-state index contributed by atoms with van der Waals surface area (Å²) in [6.07, 6.45) is 3.28. The van der Waals surface area contributed by atoms with Crippen LogP contribution >= 0.6 is 0 Å². The van der Waals surface area contributed by atoms with Crippen LogP contribution < -0.4 is 0 Å². The predicted octanol–water partition coefficient (Wildman–Crippen LogP) is 2.42. The zero-order valence-corrected chi connectivity index (χ0v) is 11.2. The van der Waals surface area contributed by atoms with Gasteiger partial charge in [-0.3, -0.25) is 4.90 Å². The molecular weight excluding hydrogens is 218 g/mol. The number of hydrogen-bond acceptors (Lipinski definition) is 3. The molecule has 2 bridgehead atoms. The van der Waals surface area contributed by atoms with E-state index in [4.69, 9.17) is 9.47 Å². The average molecular weight is 241 g/mol. The summed E-state index contributed by atoms with van der Waals surface area (Å²) in [7, 11) is 1.69. The first-order chi connectivity index (χ1) is 7.92. The maximum absolute atomic E-state index is 12.2. The Hall–Kier alpha value is -0.770. The summed E-state index contributed by atoms with van der Waals surface area (Å²) < 4.78 is 10.7. The number of nitrogens with zero attached hydrogens (tertiary/aromatic N) is 1. The van der Waals surface area contributed by atoms with Crippen LogP contribution in [-0.2, 0) is 9.47 Å². The van der Waals surface area contributed by atoms with Gasteiger partial charge in [0.1, 0.15) is 5.60 Å². The van der Waals surface area contributed by atoms with Crippen molar-refractivity contribution >= 4 is 6.09 Å². The first-order valence-electron chi connectivity index (χ1n) is 6.42. The Labute approximate surface area is 103 Å². The Balaban J connectivity index is 2.05. The number of rotatable bonds is 2. The van der Waals surface area contributed by atoms with E-state index in [0.717, 1.165) is 12.8 Å². The molecule has 0 radical (unpaired) electrons. The molecule has 0 N–H and O–H groups in total. The zero-order chi connectivity index (χ0) is 12.6. The van der Waals surface area contributed by atoms with Gasteiger partial charge in [0.2, 0.25) is 0 Å². The van der Waals surface area contributed by atoms with Crippen molar-refractivity contribution in [2.75, 3.05) is 13.7 Å². The second-order valence-corrected chi connectivity index (χ2v) is 6.14. The van der Waals surface area contributed by atoms with E-state index in [9.17, 15) is 4.79 Å². The highest BCUT2D eigenvalue weighted by atomic mass is 16.6. The summed E-state index contributed by atoms with van der Waals surface area (Å²) in [6.45, 7) is 6.35. The lowest BCUT2D eigenvalue weighted by molar-refractivity contribution is -0.00449. The van der Waals surface area contributed by atoms with Gasteiger partial charge in [-0.05, 0) is 46.0 Å². The first-order valence-corrected chi connectivity index (χ1v) is 6.42. The summed E-state index contributed by atoms with van der Waals surface area (Å²) in [5.41, 5.74) is -0.420. The number of carbonyl (C=O) groups excluding carboxylic acids is 1. The van der Waals surface area contributed by atoms with Gasteiger partial charge in [0.25, 0.3) is 0 Å². The van der Waals surface area contributed by atoms with E-state index in [1.165, 1.54) is 6.42 Å². The molecule has 1 amide bonds. The number of piperidine rings is 1. The number of amides is 1. The summed E-state index contributed by atoms with van der Waals surface area (Å²) in [5.74, 6) is 0.604. The predicted molar refractivity (Wildman–Crippen MR) is 64.9 cm³/mol. The lowest BCUT2D eigenvalue weighted by Crippen LogP contribution is -2.49. The second-order valence-electron chi connectivity index (χ2n) is 6.14. The van der Waals surface area contributed by atoms with Gasteiger partial charge >= 0.3 is 6.09 Å². The normalized spacial score (nSPS) is 32.0. The molecule has 2 rings (SSSR count). The molecule has 1 saturated heterocycles. The monoisotopic (exact) mass is 241 g/mol. The van der Waals surface area contributed by atoms with Crippen molar-refractivity contribution in [3.8, 4) is 0 Å². The van der Waals surface area contributed by atoms with E-state index in [-0.39, 0.29) is 12.1 Å². The third kappa shape index (κ3) is 2.57. The van der Waals surface area contributed by atoms with E-state index < -0.39 is 5.60 Å². The van der Waals surface area contributed by atoms with Crippen LogP contribution in [0.5, 0.6) is 0 Å². The third-order valence-electron chi connectivity index (χ3n) is 3.68. The molecule has 4 nitrogen and oxygen atoms in total. The average Bonchev–Trinajstić information content (AvgIpc) is 2.75. The Morgan fingerprint density at radius 2 is 2.06 bits per heavy atom. The molecule has 3 atom stereocenters. The lowest BCUT2D eigenvalue weighted by atomic mass is 10.00. The fourth-order valence-electron chi connectivity index (χ4n) is 3.08. The van der Waals surface area contributed by atoms with Crippen LogP contribution in [0.4, 0.5) is 4.79 Å². The number of fused-ring (bicyclic) bond motifs is 2. The van der Waals surface area contributed by atoms with Gasteiger partial charge in [-0.25, -0.2) is 4.79 Å². The molecule has 1 aliphatic carbocycles. The van der Waals surface area contributed by atoms with Gasteiger partial charge in [0.15, 0.2) is 0 Å². The second kappa shape index (κ2) is 4.48. The van der Waals surface area contributed by atoms with Crippen LogP contribution in [0, 0.1) is 5.92 Å². The number of hydrogen-bond donors (Lipinski definition) is 0. The third-order valence-corrected chi connectivity index (χ3v) is 3.68. The number of ether oxygens (including phenoxy) is 2. The van der Waals surface area contributed by atoms with Crippen LogP contribution in [0.25, 0.3) is 0 Å². The molecule has 2 fully saturated rings. The molecule has 0 aromatic rings. The van der Waals surface area contributed by atoms with Crippen molar-refractivity contribution < 1.29 is 14.3 Å². The van der Waals surface area contributed by atoms with E-state index in [1.54, 1.807) is 7.11 Å². The molecule has 0 spiro atoms. The zero-order valence-electron chi connectivity index (χ0n) is 11.2. The summed E-state index contributed by atoms with van der Waals surface area (Å²) in [6, 6.07) is 0.587. The van der Waals surface area contributed by atoms with Crippen molar-refractivity contribution in [2.24, 2.45) is 5.92 Å². The van der Waals surface area contributed by atoms with E-state index in [0.29, 0.717) is 18.6 Å². The Morgan fingerprint density at radius 3 is 2.65 bits per heavy atom. The standard InChI is InChI=1S/C13H23NO3/c1-13(2,3)17-12(15)14-10-6-5-9(7-10)11(14)8-16-4/h9-11H,5-8H2,1-4H3/t9-,10+,11-/m0/s1. The van der Waals surface area contributed by atoms with Crippen molar-refractivity contribution in [2.45, 2.75) is 57.7 Å². The molecule has 4 heteroatoms. The summed E-state index contributed by atoms with van der Waals surface area (Å²) in [4.78, 5) is 14.1. The molecule has 0 aromatic heterocycles. The number of likely N-dealkylation sites (tertiary alicyclic amines) is 1. The van der Waals surface area contributed by atoms with Gasteiger partial charge in [0, 0.05) is 13.2 Å². The molecule has 17 heavy (non-hydrogen) atoms. The molecule has 2 aliphatic rings. The number of methoxy groups -OCH3 is 1. The SMILES string of the molecule is COC[C@H]1[C@H]2CC[C@H](C2)N1C(=O)OC(C)(C)C. The van der Waals surface area contributed by atoms with Crippen LogP contribution in [0.15, 0.2) is 0 Å². The van der Waals surface area contributed by atoms with E-state index in [1.807, 2.05) is 25.7 Å². The minimum atomic E-state index is -0.420. The van der Waals surface area contributed by atoms with Crippen LogP contribution in [-0.4, -0.2) is 42.4 Å². The molecule has 1 aliphatic heterocycles. The fraction of sp³-hybridized carbons (Fsp3) is 0.923. The molecule has 98 valence electrons. The highest BCUT2D eigenvalue weighted by molar-refractivity contribution is 5.69.